The molecule has 0 aliphatic heterocycles. The molecule has 1 aliphatic rings. The highest BCUT2D eigenvalue weighted by molar-refractivity contribution is 8.14. The van der Waals surface area contributed by atoms with Crippen molar-refractivity contribution in [1.29, 1.82) is 0 Å². The average molecular weight is 475 g/mol. The van der Waals surface area contributed by atoms with E-state index >= 15 is 0 Å². The lowest BCUT2D eigenvalue weighted by atomic mass is 9.98. The summed E-state index contributed by atoms with van der Waals surface area (Å²) in [6.45, 7) is 8.29. The Balaban J connectivity index is 1.52. The highest BCUT2D eigenvalue weighted by atomic mass is 32.2. The molecule has 170 valence electrons. The number of fused-ring (bicyclic) bond motifs is 3. The molecule has 1 unspecified atom stereocenters. The van der Waals surface area contributed by atoms with Crippen LogP contribution in [0.1, 0.15) is 44.7 Å². The van der Waals surface area contributed by atoms with E-state index in [-0.39, 0.29) is 16.8 Å². The first-order valence-corrected chi connectivity index (χ1v) is 11.1. The van der Waals surface area contributed by atoms with E-state index in [2.05, 4.69) is 13.2 Å². The molecule has 0 radical (unpaired) electrons. The van der Waals surface area contributed by atoms with Crippen LogP contribution in [0.5, 0.6) is 5.75 Å². The Bertz CT molecular complexity index is 1340. The molecule has 3 aromatic carbocycles. The normalized spacial score (nSPS) is 13.4. The number of esters is 2. The molecule has 7 heteroatoms. The third-order valence-electron chi connectivity index (χ3n) is 5.46. The van der Waals surface area contributed by atoms with Gasteiger partial charge < -0.3 is 9.47 Å². The number of hydrogen-bond donors (Lipinski definition) is 0. The largest absolute Gasteiger partial charge is 0.432 e. The minimum Gasteiger partial charge on any atom is -0.432 e. The zero-order valence-corrected chi connectivity index (χ0v) is 19.0. The van der Waals surface area contributed by atoms with Crippen LogP contribution in [0.25, 0.3) is 11.1 Å². The van der Waals surface area contributed by atoms with Crippen LogP contribution < -0.4 is 4.74 Å². The van der Waals surface area contributed by atoms with Crippen LogP contribution in [0.3, 0.4) is 0 Å². The van der Waals surface area contributed by atoms with Gasteiger partial charge in [0.05, 0.1) is 11.8 Å². The smallest absolute Gasteiger partial charge is 0.371 e. The fraction of sp³-hybridized carbons (Fsp3) is 0.0741. The van der Waals surface area contributed by atoms with Crippen molar-refractivity contribution >= 4 is 28.8 Å². The molecule has 0 amide bonds. The first-order valence-electron chi connectivity index (χ1n) is 10.3. The van der Waals surface area contributed by atoms with Crippen molar-refractivity contribution in [2.75, 3.05) is 0 Å². The number of ether oxygens (including phenoxy) is 2. The zero-order valence-electron chi connectivity index (χ0n) is 18.2. The summed E-state index contributed by atoms with van der Waals surface area (Å²) in [4.78, 5) is 36.8. The number of benzene rings is 3. The van der Waals surface area contributed by atoms with Crippen LogP contribution >= 0.6 is 11.8 Å². The van der Waals surface area contributed by atoms with Gasteiger partial charge >= 0.3 is 11.9 Å². The predicted molar refractivity (Wildman–Crippen MR) is 128 cm³/mol. The lowest BCUT2D eigenvalue weighted by molar-refractivity contribution is -0.131. The van der Waals surface area contributed by atoms with Gasteiger partial charge in [-0.15, -0.1) is 0 Å². The van der Waals surface area contributed by atoms with Gasteiger partial charge in [-0.05, 0) is 82.5 Å². The van der Waals surface area contributed by atoms with Crippen LogP contribution in [0.4, 0.5) is 4.39 Å². The van der Waals surface area contributed by atoms with Crippen LogP contribution in [0.2, 0.25) is 0 Å². The summed E-state index contributed by atoms with van der Waals surface area (Å²) in [6, 6.07) is 17.2. The van der Waals surface area contributed by atoms with Crippen molar-refractivity contribution in [1.82, 2.24) is 0 Å². The van der Waals surface area contributed by atoms with Gasteiger partial charge in [0.15, 0.2) is 0 Å². The van der Waals surface area contributed by atoms with E-state index in [0.717, 1.165) is 40.3 Å². The van der Waals surface area contributed by atoms with E-state index in [1.54, 1.807) is 42.5 Å². The number of hydrogen-bond acceptors (Lipinski definition) is 6. The Morgan fingerprint density at radius 3 is 2.21 bits per heavy atom. The number of carbonyl (C=O) groups is 3. The molecular formula is C27H19FO5S. The summed E-state index contributed by atoms with van der Waals surface area (Å²) in [6.07, 6.45) is 1.07. The summed E-state index contributed by atoms with van der Waals surface area (Å²) in [5, 5.41) is -0.136. The van der Waals surface area contributed by atoms with Gasteiger partial charge in [0.2, 0.25) is 10.9 Å². The molecule has 0 spiro atoms. The predicted octanol–water partition coefficient (Wildman–Crippen LogP) is 6.44. The van der Waals surface area contributed by atoms with Gasteiger partial charge in [0.1, 0.15) is 5.75 Å². The maximum absolute atomic E-state index is 13.0. The lowest BCUT2D eigenvalue weighted by Crippen LogP contribution is -2.07. The Labute approximate surface area is 199 Å². The first kappa shape index (κ1) is 23.2. The highest BCUT2D eigenvalue weighted by Crippen LogP contribution is 2.46. The molecule has 3 aromatic rings. The summed E-state index contributed by atoms with van der Waals surface area (Å²) < 4.78 is 22.7. The number of thioether (sulfide) groups is 1. The third kappa shape index (κ3) is 4.56. The van der Waals surface area contributed by atoms with Crippen molar-refractivity contribution in [2.24, 2.45) is 0 Å². The van der Waals surface area contributed by atoms with Crippen LogP contribution in [-0.2, 0) is 9.53 Å². The van der Waals surface area contributed by atoms with E-state index in [4.69, 9.17) is 9.47 Å². The van der Waals surface area contributed by atoms with Crippen molar-refractivity contribution < 1.29 is 28.2 Å². The monoisotopic (exact) mass is 474 g/mol. The topological polar surface area (TPSA) is 69.7 Å². The van der Waals surface area contributed by atoms with E-state index < -0.39 is 17.8 Å². The molecule has 1 atom stereocenters. The molecule has 4 rings (SSSR count). The van der Waals surface area contributed by atoms with Crippen molar-refractivity contribution in [3.8, 4) is 16.9 Å². The quantitative estimate of drug-likeness (QED) is 0.135. The van der Waals surface area contributed by atoms with Gasteiger partial charge in [-0.1, -0.05) is 32.2 Å². The molecule has 0 aromatic heterocycles. The van der Waals surface area contributed by atoms with Crippen molar-refractivity contribution in [2.45, 2.75) is 17.7 Å². The van der Waals surface area contributed by atoms with Gasteiger partial charge in [0, 0.05) is 16.4 Å². The SMILES string of the molecule is C=COC(=O)c1ccc(SC(=O)c2ccc3c(c2)C(C)c2cc(OC(=O)C(=C)F)ccc2-3)cc1. The number of rotatable bonds is 6. The lowest BCUT2D eigenvalue weighted by Gasteiger charge is -2.09. The molecule has 0 saturated heterocycles. The minimum absolute atomic E-state index is 0.0508. The Hall–Kier alpha value is -3.97. The van der Waals surface area contributed by atoms with Crippen molar-refractivity contribution in [3.05, 3.63) is 108 Å². The molecule has 0 saturated carbocycles. The Morgan fingerprint density at radius 2 is 1.56 bits per heavy atom. The maximum Gasteiger partial charge on any atom is 0.371 e. The molecule has 5 nitrogen and oxygen atoms in total. The summed E-state index contributed by atoms with van der Waals surface area (Å²) >= 11 is 1.06. The standard InChI is InChI=1S/C27H19FO5S/c1-4-32-26(30)17-5-9-20(10-6-17)34-27(31)18-7-11-21-22-12-8-19(33-25(29)16(3)28)14-24(22)15(2)23(21)13-18/h4-15H,1,3H2,2H3. The highest BCUT2D eigenvalue weighted by Gasteiger charge is 2.27. The number of carbonyl (C=O) groups excluding carboxylic acids is 3. The van der Waals surface area contributed by atoms with Gasteiger partial charge in [-0.25, -0.2) is 9.59 Å². The molecular weight excluding hydrogens is 455 g/mol. The van der Waals surface area contributed by atoms with E-state index in [1.165, 1.54) is 0 Å². The fourth-order valence-electron chi connectivity index (χ4n) is 3.80. The second-order valence-corrected chi connectivity index (χ2v) is 8.60. The molecule has 1 aliphatic carbocycles. The van der Waals surface area contributed by atoms with Crippen molar-refractivity contribution in [3.63, 3.8) is 0 Å². The van der Waals surface area contributed by atoms with E-state index in [1.807, 2.05) is 25.1 Å². The van der Waals surface area contributed by atoms with Gasteiger partial charge in [-0.3, -0.25) is 4.79 Å². The van der Waals surface area contributed by atoms with Crippen LogP contribution in [0.15, 0.2) is 90.8 Å². The molecule has 0 fully saturated rings. The fourth-order valence-corrected chi connectivity index (χ4v) is 4.53. The second kappa shape index (κ2) is 9.49. The summed E-state index contributed by atoms with van der Waals surface area (Å²) in [7, 11) is 0. The second-order valence-electron chi connectivity index (χ2n) is 7.55. The average Bonchev–Trinajstić information content (AvgIpc) is 3.10. The molecule has 0 N–H and O–H groups in total. The zero-order chi connectivity index (χ0) is 24.4. The van der Waals surface area contributed by atoms with Crippen LogP contribution in [0, 0.1) is 0 Å². The minimum atomic E-state index is -1.16. The first-order chi connectivity index (χ1) is 16.3. The molecule has 0 heterocycles. The van der Waals surface area contributed by atoms with Gasteiger partial charge in [-0.2, -0.15) is 4.39 Å². The third-order valence-corrected chi connectivity index (χ3v) is 6.39. The van der Waals surface area contributed by atoms with E-state index in [0.29, 0.717) is 16.0 Å². The number of halogens is 1. The Kier molecular flexibility index (Phi) is 6.47. The summed E-state index contributed by atoms with van der Waals surface area (Å²) in [5.74, 6) is -2.63. The summed E-state index contributed by atoms with van der Waals surface area (Å²) in [5.41, 5.74) is 4.75. The maximum atomic E-state index is 13.0. The van der Waals surface area contributed by atoms with Crippen LogP contribution in [-0.4, -0.2) is 17.1 Å². The molecule has 34 heavy (non-hydrogen) atoms. The van der Waals surface area contributed by atoms with E-state index in [9.17, 15) is 18.8 Å². The Morgan fingerprint density at radius 1 is 0.941 bits per heavy atom. The molecule has 0 bridgehead atoms. The van der Waals surface area contributed by atoms with Gasteiger partial charge in [0.25, 0.3) is 0 Å².